The van der Waals surface area contributed by atoms with Crippen molar-refractivity contribution in [3.8, 4) is 0 Å². The number of hydrogen-bond donors (Lipinski definition) is 1. The number of aryl methyl sites for hydroxylation is 1. The predicted molar refractivity (Wildman–Crippen MR) is 67.4 cm³/mol. The standard InChI is InChI=1S/C15H18O3/c1-8-5-4-6-10-11(8)15(3,17)12-9(2)7-18-14(12)13(10)16/h7-8,17H,4-6H2,1-3H3/t8-,15-/m0/s1. The number of Topliss-reactive ketones (excluding diaryl/α,β-unsaturated/α-hetero) is 1. The van der Waals surface area contributed by atoms with E-state index in [0.29, 0.717) is 11.3 Å². The first-order valence-corrected chi connectivity index (χ1v) is 6.53. The highest BCUT2D eigenvalue weighted by molar-refractivity contribution is 6.10. The van der Waals surface area contributed by atoms with Gasteiger partial charge >= 0.3 is 0 Å². The SMILES string of the molecule is Cc1coc2c1[C@@](C)(O)C1=C(CCC[C@@H]1C)C2=O. The van der Waals surface area contributed by atoms with E-state index in [1.54, 1.807) is 13.2 Å². The van der Waals surface area contributed by atoms with Gasteiger partial charge in [-0.15, -0.1) is 0 Å². The minimum atomic E-state index is -1.06. The summed E-state index contributed by atoms with van der Waals surface area (Å²) >= 11 is 0. The van der Waals surface area contributed by atoms with Crippen molar-refractivity contribution in [2.75, 3.05) is 0 Å². The molecule has 0 aliphatic heterocycles. The maximum absolute atomic E-state index is 12.4. The number of furan rings is 1. The average Bonchev–Trinajstić information content (AvgIpc) is 2.69. The van der Waals surface area contributed by atoms with Crippen LogP contribution in [0.15, 0.2) is 21.8 Å². The number of fused-ring (bicyclic) bond motifs is 1. The summed E-state index contributed by atoms with van der Waals surface area (Å²) in [6.07, 6.45) is 4.37. The second kappa shape index (κ2) is 3.58. The Bertz CT molecular complexity index is 560. The zero-order valence-corrected chi connectivity index (χ0v) is 11.0. The molecule has 1 aromatic heterocycles. The molecule has 0 saturated carbocycles. The lowest BCUT2D eigenvalue weighted by molar-refractivity contribution is 0.0684. The van der Waals surface area contributed by atoms with Crippen molar-refractivity contribution in [2.24, 2.45) is 5.92 Å². The summed E-state index contributed by atoms with van der Waals surface area (Å²) in [4.78, 5) is 12.4. The Balaban J connectivity index is 2.29. The van der Waals surface area contributed by atoms with Gasteiger partial charge < -0.3 is 9.52 Å². The van der Waals surface area contributed by atoms with Crippen molar-refractivity contribution in [1.29, 1.82) is 0 Å². The van der Waals surface area contributed by atoms with E-state index >= 15 is 0 Å². The number of carbonyl (C=O) groups is 1. The second-order valence-electron chi connectivity index (χ2n) is 5.71. The van der Waals surface area contributed by atoms with Crippen molar-refractivity contribution in [2.45, 2.75) is 45.6 Å². The Kier molecular flexibility index (Phi) is 2.33. The first-order chi connectivity index (χ1) is 8.44. The van der Waals surface area contributed by atoms with Gasteiger partial charge in [0.25, 0.3) is 0 Å². The highest BCUT2D eigenvalue weighted by Gasteiger charge is 2.46. The molecule has 0 unspecified atom stereocenters. The maximum atomic E-state index is 12.4. The van der Waals surface area contributed by atoms with Crippen LogP contribution in [0, 0.1) is 12.8 Å². The molecule has 0 bridgehead atoms. The fourth-order valence-electron chi connectivity index (χ4n) is 3.66. The first kappa shape index (κ1) is 11.7. The quantitative estimate of drug-likeness (QED) is 0.765. The molecule has 96 valence electrons. The third-order valence-corrected chi connectivity index (χ3v) is 4.35. The Morgan fingerprint density at radius 1 is 1.50 bits per heavy atom. The maximum Gasteiger partial charge on any atom is 0.224 e. The largest absolute Gasteiger partial charge is 0.460 e. The Morgan fingerprint density at radius 2 is 2.22 bits per heavy atom. The van der Waals surface area contributed by atoms with Crippen LogP contribution >= 0.6 is 0 Å². The van der Waals surface area contributed by atoms with Crippen LogP contribution < -0.4 is 0 Å². The van der Waals surface area contributed by atoms with Crippen LogP contribution in [0.1, 0.15) is 54.8 Å². The van der Waals surface area contributed by atoms with Gasteiger partial charge in [0, 0.05) is 11.1 Å². The fourth-order valence-corrected chi connectivity index (χ4v) is 3.66. The molecular weight excluding hydrogens is 228 g/mol. The van der Waals surface area contributed by atoms with E-state index in [-0.39, 0.29) is 11.7 Å². The fraction of sp³-hybridized carbons (Fsp3) is 0.533. The van der Waals surface area contributed by atoms with Gasteiger partial charge in [0.05, 0.1) is 6.26 Å². The molecule has 2 aliphatic carbocycles. The minimum absolute atomic E-state index is 0.0221. The van der Waals surface area contributed by atoms with Crippen molar-refractivity contribution in [3.63, 3.8) is 0 Å². The van der Waals surface area contributed by atoms with Gasteiger partial charge in [-0.05, 0) is 50.2 Å². The van der Waals surface area contributed by atoms with Crippen molar-refractivity contribution >= 4 is 5.78 Å². The highest BCUT2D eigenvalue weighted by Crippen LogP contribution is 2.48. The third kappa shape index (κ3) is 1.31. The smallest absolute Gasteiger partial charge is 0.224 e. The summed E-state index contributed by atoms with van der Waals surface area (Å²) in [5.41, 5.74) is 2.15. The summed E-state index contributed by atoms with van der Waals surface area (Å²) < 4.78 is 5.38. The molecule has 2 aliphatic rings. The summed E-state index contributed by atoms with van der Waals surface area (Å²) in [5, 5.41) is 10.9. The molecule has 2 atom stereocenters. The number of rotatable bonds is 0. The summed E-state index contributed by atoms with van der Waals surface area (Å²) in [6.45, 7) is 5.76. The van der Waals surface area contributed by atoms with Crippen LogP contribution in [-0.2, 0) is 5.60 Å². The van der Waals surface area contributed by atoms with Gasteiger partial charge in [-0.25, -0.2) is 0 Å². The molecule has 0 radical (unpaired) electrons. The summed E-state index contributed by atoms with van der Waals surface area (Å²) in [6, 6.07) is 0. The molecule has 1 aromatic rings. The number of hydrogen-bond acceptors (Lipinski definition) is 3. The molecule has 1 N–H and O–H groups in total. The van der Waals surface area contributed by atoms with E-state index < -0.39 is 5.60 Å². The molecule has 0 spiro atoms. The van der Waals surface area contributed by atoms with Crippen LogP contribution in [0.3, 0.4) is 0 Å². The van der Waals surface area contributed by atoms with Gasteiger partial charge in [-0.2, -0.15) is 0 Å². The molecule has 0 fully saturated rings. The predicted octanol–water partition coefficient (Wildman–Crippen LogP) is 3.11. The zero-order valence-electron chi connectivity index (χ0n) is 11.0. The molecule has 18 heavy (non-hydrogen) atoms. The van der Waals surface area contributed by atoms with Crippen molar-refractivity contribution in [3.05, 3.63) is 34.3 Å². The van der Waals surface area contributed by atoms with Crippen LogP contribution in [0.5, 0.6) is 0 Å². The van der Waals surface area contributed by atoms with E-state index in [1.807, 2.05) is 6.92 Å². The highest BCUT2D eigenvalue weighted by atomic mass is 16.3. The van der Waals surface area contributed by atoms with E-state index in [4.69, 9.17) is 4.42 Å². The summed E-state index contributed by atoms with van der Waals surface area (Å²) in [7, 11) is 0. The number of allylic oxidation sites excluding steroid dienone is 1. The Hall–Kier alpha value is -1.35. The molecule has 0 aromatic carbocycles. The Morgan fingerprint density at radius 3 is 2.94 bits per heavy atom. The van der Waals surface area contributed by atoms with Crippen LogP contribution in [0.25, 0.3) is 0 Å². The zero-order chi connectivity index (χ0) is 13.1. The monoisotopic (exact) mass is 246 g/mol. The molecule has 3 heteroatoms. The van der Waals surface area contributed by atoms with E-state index in [2.05, 4.69) is 6.92 Å². The molecule has 0 amide bonds. The van der Waals surface area contributed by atoms with Crippen molar-refractivity contribution < 1.29 is 14.3 Å². The normalized spacial score (nSPS) is 31.3. The molecule has 1 heterocycles. The number of aliphatic hydroxyl groups is 1. The molecular formula is C15H18O3. The number of ketones is 1. The van der Waals surface area contributed by atoms with Gasteiger partial charge in [0.15, 0.2) is 5.76 Å². The topological polar surface area (TPSA) is 50.4 Å². The van der Waals surface area contributed by atoms with Crippen molar-refractivity contribution in [1.82, 2.24) is 0 Å². The lowest BCUT2D eigenvalue weighted by Crippen LogP contribution is -2.37. The number of carbonyl (C=O) groups excluding carboxylic acids is 1. The van der Waals surface area contributed by atoms with Crippen LogP contribution in [0.4, 0.5) is 0 Å². The van der Waals surface area contributed by atoms with Gasteiger partial charge in [-0.1, -0.05) is 6.92 Å². The molecule has 3 nitrogen and oxygen atoms in total. The Labute approximate surface area is 106 Å². The molecule has 3 rings (SSSR count). The van der Waals surface area contributed by atoms with Gasteiger partial charge in [0.2, 0.25) is 5.78 Å². The second-order valence-corrected chi connectivity index (χ2v) is 5.71. The molecule has 0 saturated heterocycles. The lowest BCUT2D eigenvalue weighted by Gasteiger charge is -2.39. The van der Waals surface area contributed by atoms with E-state index in [1.165, 1.54) is 0 Å². The van der Waals surface area contributed by atoms with Gasteiger partial charge in [-0.3, -0.25) is 4.79 Å². The van der Waals surface area contributed by atoms with Crippen LogP contribution in [0.2, 0.25) is 0 Å². The van der Waals surface area contributed by atoms with E-state index in [0.717, 1.165) is 36.0 Å². The van der Waals surface area contributed by atoms with E-state index in [9.17, 15) is 9.90 Å². The third-order valence-electron chi connectivity index (χ3n) is 4.35. The minimum Gasteiger partial charge on any atom is -0.460 e. The lowest BCUT2D eigenvalue weighted by atomic mass is 9.68. The average molecular weight is 246 g/mol. The summed E-state index contributed by atoms with van der Waals surface area (Å²) in [5.74, 6) is 0.576. The van der Waals surface area contributed by atoms with Crippen LogP contribution in [-0.4, -0.2) is 10.9 Å². The van der Waals surface area contributed by atoms with Gasteiger partial charge in [0.1, 0.15) is 5.60 Å². The first-order valence-electron chi connectivity index (χ1n) is 6.53.